The molecule has 0 heterocycles. The van der Waals surface area contributed by atoms with Gasteiger partial charge in [0, 0.05) is 12.6 Å². The summed E-state index contributed by atoms with van der Waals surface area (Å²) in [4.78, 5) is 13.7. The summed E-state index contributed by atoms with van der Waals surface area (Å²) in [6, 6.07) is -0.181. The van der Waals surface area contributed by atoms with E-state index in [1.807, 2.05) is 27.7 Å². The minimum absolute atomic E-state index is 0.0384. The molecule has 0 saturated heterocycles. The molecule has 1 unspecified atom stereocenters. The van der Waals surface area contributed by atoms with Gasteiger partial charge in [-0.15, -0.1) is 0 Å². The first-order valence-corrected chi connectivity index (χ1v) is 5.22. The van der Waals surface area contributed by atoms with Crippen LogP contribution in [0.4, 0.5) is 0 Å². The number of amides is 1. The van der Waals surface area contributed by atoms with Crippen molar-refractivity contribution >= 4 is 5.91 Å². The molecule has 0 rings (SSSR count). The van der Waals surface area contributed by atoms with Crippen molar-refractivity contribution < 1.29 is 9.90 Å². The van der Waals surface area contributed by atoms with Crippen LogP contribution in [-0.2, 0) is 4.79 Å². The third-order valence-corrected chi connectivity index (χ3v) is 3.39. The van der Waals surface area contributed by atoms with Gasteiger partial charge in [-0.1, -0.05) is 0 Å². The second-order valence-corrected chi connectivity index (χ2v) is 5.29. The van der Waals surface area contributed by atoms with E-state index in [-0.39, 0.29) is 18.6 Å². The van der Waals surface area contributed by atoms with Crippen LogP contribution >= 0.6 is 0 Å². The van der Waals surface area contributed by atoms with Crippen molar-refractivity contribution in [1.82, 2.24) is 4.90 Å². The topological polar surface area (TPSA) is 66.6 Å². The average Bonchev–Trinajstić information content (AvgIpc) is 2.12. The lowest BCUT2D eigenvalue weighted by Gasteiger charge is -2.41. The van der Waals surface area contributed by atoms with Gasteiger partial charge < -0.3 is 15.7 Å². The van der Waals surface area contributed by atoms with E-state index in [0.717, 1.165) is 0 Å². The molecular weight excluding hydrogens is 192 g/mol. The number of carbonyl (C=O) groups excluding carboxylic acids is 1. The largest absolute Gasteiger partial charge is 0.394 e. The van der Waals surface area contributed by atoms with E-state index in [4.69, 9.17) is 10.8 Å². The van der Waals surface area contributed by atoms with Crippen molar-refractivity contribution in [2.45, 2.75) is 46.2 Å². The van der Waals surface area contributed by atoms with Crippen LogP contribution in [-0.4, -0.2) is 41.1 Å². The van der Waals surface area contributed by atoms with Gasteiger partial charge in [-0.3, -0.25) is 4.79 Å². The van der Waals surface area contributed by atoms with Gasteiger partial charge >= 0.3 is 0 Å². The summed E-state index contributed by atoms with van der Waals surface area (Å²) in [5, 5.41) is 9.00. The Morgan fingerprint density at radius 2 is 1.80 bits per heavy atom. The van der Waals surface area contributed by atoms with Crippen LogP contribution < -0.4 is 5.73 Å². The van der Waals surface area contributed by atoms with Gasteiger partial charge in [0.1, 0.15) is 0 Å². The maximum absolute atomic E-state index is 12.1. The van der Waals surface area contributed by atoms with Crippen molar-refractivity contribution in [3.63, 3.8) is 0 Å². The molecule has 0 aliphatic carbocycles. The van der Waals surface area contributed by atoms with Gasteiger partial charge in [0.05, 0.1) is 18.1 Å². The normalized spacial score (nSPS) is 14.9. The van der Waals surface area contributed by atoms with Crippen molar-refractivity contribution in [2.75, 3.05) is 13.7 Å². The van der Waals surface area contributed by atoms with Crippen LogP contribution in [0.1, 0.15) is 34.6 Å². The number of likely N-dealkylation sites (N-methyl/N-ethyl adjacent to an activating group) is 1. The van der Waals surface area contributed by atoms with E-state index < -0.39 is 11.0 Å². The third-order valence-electron chi connectivity index (χ3n) is 3.39. The zero-order chi connectivity index (χ0) is 12.4. The monoisotopic (exact) mass is 216 g/mol. The molecule has 0 bridgehead atoms. The average molecular weight is 216 g/mol. The Hall–Kier alpha value is -0.610. The highest BCUT2D eigenvalue weighted by Crippen LogP contribution is 2.30. The number of nitrogens with two attached hydrogens (primary N) is 1. The molecular formula is C11H24N2O2. The second kappa shape index (κ2) is 4.49. The molecule has 0 radical (unpaired) electrons. The minimum Gasteiger partial charge on any atom is -0.394 e. The van der Waals surface area contributed by atoms with E-state index in [9.17, 15) is 4.79 Å². The molecule has 1 amide bonds. The first-order valence-electron chi connectivity index (χ1n) is 5.22. The van der Waals surface area contributed by atoms with E-state index in [0.29, 0.717) is 0 Å². The number of aliphatic hydroxyl groups excluding tert-OH is 1. The maximum atomic E-state index is 12.1. The smallest absolute Gasteiger partial charge is 0.230 e. The number of carbonyl (C=O) groups is 1. The highest BCUT2D eigenvalue weighted by molar-refractivity contribution is 5.83. The fraction of sp³-hybridized carbons (Fsp3) is 0.909. The van der Waals surface area contributed by atoms with Gasteiger partial charge in [0.2, 0.25) is 5.91 Å². The molecule has 0 aliphatic heterocycles. The van der Waals surface area contributed by atoms with Crippen LogP contribution in [0.5, 0.6) is 0 Å². The molecule has 0 fully saturated rings. The van der Waals surface area contributed by atoms with Crippen molar-refractivity contribution in [3.05, 3.63) is 0 Å². The number of nitrogens with zero attached hydrogens (tertiary/aromatic N) is 1. The molecule has 0 aromatic rings. The summed E-state index contributed by atoms with van der Waals surface area (Å²) >= 11 is 0. The fourth-order valence-corrected chi connectivity index (χ4v) is 1.04. The van der Waals surface area contributed by atoms with Crippen molar-refractivity contribution in [2.24, 2.45) is 11.1 Å². The SMILES string of the molecule is CC(CO)N(C)C(=O)C(C)(C)C(C)(C)N. The molecule has 0 spiro atoms. The number of rotatable bonds is 4. The van der Waals surface area contributed by atoms with Crippen LogP contribution in [0, 0.1) is 5.41 Å². The number of hydrogen-bond acceptors (Lipinski definition) is 3. The highest BCUT2D eigenvalue weighted by Gasteiger charge is 2.42. The van der Waals surface area contributed by atoms with Crippen LogP contribution in [0.15, 0.2) is 0 Å². The Balaban J connectivity index is 4.86. The first-order chi connectivity index (χ1) is 6.55. The van der Waals surface area contributed by atoms with E-state index >= 15 is 0 Å². The summed E-state index contributed by atoms with van der Waals surface area (Å²) < 4.78 is 0. The molecule has 15 heavy (non-hydrogen) atoms. The number of aliphatic hydroxyl groups is 1. The Labute approximate surface area is 92.4 Å². The van der Waals surface area contributed by atoms with Gasteiger partial charge in [0.25, 0.3) is 0 Å². The molecule has 90 valence electrons. The van der Waals surface area contributed by atoms with Crippen molar-refractivity contribution in [1.29, 1.82) is 0 Å². The summed E-state index contributed by atoms with van der Waals surface area (Å²) in [5.74, 6) is -0.0449. The maximum Gasteiger partial charge on any atom is 0.230 e. The lowest BCUT2D eigenvalue weighted by Crippen LogP contribution is -2.57. The van der Waals surface area contributed by atoms with Crippen LogP contribution in [0.25, 0.3) is 0 Å². The third kappa shape index (κ3) is 2.92. The molecule has 0 aromatic carbocycles. The number of hydrogen-bond donors (Lipinski definition) is 2. The van der Waals surface area contributed by atoms with E-state index in [2.05, 4.69) is 0 Å². The molecule has 0 saturated carbocycles. The van der Waals surface area contributed by atoms with Gasteiger partial charge in [-0.05, 0) is 34.6 Å². The van der Waals surface area contributed by atoms with Crippen LogP contribution in [0.3, 0.4) is 0 Å². The van der Waals surface area contributed by atoms with Crippen molar-refractivity contribution in [3.8, 4) is 0 Å². The van der Waals surface area contributed by atoms with Crippen LogP contribution in [0.2, 0.25) is 0 Å². The van der Waals surface area contributed by atoms with Gasteiger partial charge in [0.15, 0.2) is 0 Å². The Morgan fingerprint density at radius 3 is 2.07 bits per heavy atom. The molecule has 3 N–H and O–H groups in total. The zero-order valence-corrected chi connectivity index (χ0v) is 10.7. The molecule has 0 aromatic heterocycles. The molecule has 4 heteroatoms. The summed E-state index contributed by atoms with van der Waals surface area (Å²) in [6.07, 6.45) is 0. The Morgan fingerprint density at radius 1 is 1.40 bits per heavy atom. The Kier molecular flexibility index (Phi) is 4.31. The Bertz CT molecular complexity index is 231. The molecule has 0 aliphatic rings. The lowest BCUT2D eigenvalue weighted by molar-refractivity contribution is -0.144. The van der Waals surface area contributed by atoms with Gasteiger partial charge in [-0.2, -0.15) is 0 Å². The van der Waals surface area contributed by atoms with E-state index in [1.54, 1.807) is 18.9 Å². The first kappa shape index (κ1) is 14.4. The van der Waals surface area contributed by atoms with E-state index in [1.165, 1.54) is 0 Å². The molecule has 1 atom stereocenters. The predicted octanol–water partition coefficient (Wildman–Crippen LogP) is 0.589. The lowest BCUT2D eigenvalue weighted by atomic mass is 9.74. The summed E-state index contributed by atoms with van der Waals surface area (Å²) in [6.45, 7) is 9.09. The molecule has 4 nitrogen and oxygen atoms in total. The highest BCUT2D eigenvalue weighted by atomic mass is 16.3. The standard InChI is InChI=1S/C11H24N2O2/c1-8(7-14)13(6)9(15)10(2,3)11(4,5)12/h8,14H,7,12H2,1-6H3. The summed E-state index contributed by atoms with van der Waals surface area (Å²) in [5.41, 5.74) is 4.75. The second-order valence-electron chi connectivity index (χ2n) is 5.29. The minimum atomic E-state index is -0.648. The quantitative estimate of drug-likeness (QED) is 0.722. The predicted molar refractivity (Wildman–Crippen MR) is 61.4 cm³/mol. The fourth-order valence-electron chi connectivity index (χ4n) is 1.04. The van der Waals surface area contributed by atoms with Gasteiger partial charge in [-0.25, -0.2) is 0 Å². The zero-order valence-electron chi connectivity index (χ0n) is 10.7. The summed E-state index contributed by atoms with van der Waals surface area (Å²) in [7, 11) is 1.69.